The third-order valence-electron chi connectivity index (χ3n) is 3.37. The summed E-state index contributed by atoms with van der Waals surface area (Å²) in [6, 6.07) is 6.24. The van der Waals surface area contributed by atoms with E-state index in [1.807, 2.05) is 10.6 Å². The van der Waals surface area contributed by atoms with Gasteiger partial charge in [0.05, 0.1) is 5.56 Å². The monoisotopic (exact) mass is 286 g/mol. The van der Waals surface area contributed by atoms with E-state index in [9.17, 15) is 4.39 Å². The summed E-state index contributed by atoms with van der Waals surface area (Å²) in [6.45, 7) is 4.98. The zero-order valence-electron chi connectivity index (χ0n) is 12.4. The number of benzene rings is 1. The van der Waals surface area contributed by atoms with Gasteiger partial charge in [0.1, 0.15) is 29.2 Å². The fraction of sp³-hybridized carbons (Fsp3) is 0.375. The molecule has 0 aliphatic rings. The van der Waals surface area contributed by atoms with E-state index in [0.29, 0.717) is 17.1 Å². The summed E-state index contributed by atoms with van der Waals surface area (Å²) in [5, 5.41) is 8.94. The first-order chi connectivity index (χ1) is 10.1. The number of nitrogens with two attached hydrogens (primary N) is 1. The van der Waals surface area contributed by atoms with Gasteiger partial charge in [0.25, 0.3) is 0 Å². The maximum Gasteiger partial charge on any atom is 0.140 e. The smallest absolute Gasteiger partial charge is 0.140 e. The molecule has 0 saturated heterocycles. The fourth-order valence-electron chi connectivity index (χ4n) is 2.37. The number of halogens is 1. The minimum atomic E-state index is -0.526. The van der Waals surface area contributed by atoms with E-state index in [0.717, 1.165) is 31.6 Å². The van der Waals surface area contributed by atoms with Crippen LogP contribution in [0.2, 0.25) is 0 Å². The van der Waals surface area contributed by atoms with Crippen LogP contribution >= 0.6 is 0 Å². The minimum Gasteiger partial charge on any atom is -0.383 e. The number of nitrogens with zero attached hydrogens (tertiary/aromatic N) is 3. The van der Waals surface area contributed by atoms with Crippen LogP contribution in [0.5, 0.6) is 0 Å². The second kappa shape index (κ2) is 6.40. The first-order valence-electron chi connectivity index (χ1n) is 7.17. The van der Waals surface area contributed by atoms with Crippen LogP contribution in [0.15, 0.2) is 18.2 Å². The standard InChI is InChI=1S/C16H19FN4/c1-3-5-14-20-15(16(19)21(14)8-4-2)11-6-7-13(17)12(9-11)10-18/h6-7,9H,3-5,8,19H2,1-2H3. The summed E-state index contributed by atoms with van der Waals surface area (Å²) >= 11 is 0. The Balaban J connectivity index is 2.54. The lowest BCUT2D eigenvalue weighted by atomic mass is 10.1. The molecular formula is C16H19FN4. The number of hydrogen-bond donors (Lipinski definition) is 1. The number of anilines is 1. The molecule has 21 heavy (non-hydrogen) atoms. The van der Waals surface area contributed by atoms with Crippen molar-refractivity contribution >= 4 is 5.82 Å². The molecule has 2 rings (SSSR count). The summed E-state index contributed by atoms with van der Waals surface area (Å²) in [5.74, 6) is 0.993. The van der Waals surface area contributed by atoms with Crippen LogP contribution in [0.3, 0.4) is 0 Å². The molecule has 0 bridgehead atoms. The third kappa shape index (κ3) is 2.89. The highest BCUT2D eigenvalue weighted by Gasteiger charge is 2.16. The number of nitriles is 1. The van der Waals surface area contributed by atoms with E-state index in [1.54, 1.807) is 6.07 Å². The molecule has 2 aromatic rings. The second-order valence-electron chi connectivity index (χ2n) is 4.97. The molecule has 0 radical (unpaired) electrons. The zero-order chi connectivity index (χ0) is 15.4. The zero-order valence-corrected chi connectivity index (χ0v) is 12.4. The lowest BCUT2D eigenvalue weighted by molar-refractivity contribution is 0.624. The molecule has 4 nitrogen and oxygen atoms in total. The summed E-state index contributed by atoms with van der Waals surface area (Å²) in [4.78, 5) is 4.60. The van der Waals surface area contributed by atoms with Crippen molar-refractivity contribution in [2.75, 3.05) is 5.73 Å². The first-order valence-corrected chi connectivity index (χ1v) is 7.17. The van der Waals surface area contributed by atoms with Gasteiger partial charge in [-0.2, -0.15) is 5.26 Å². The van der Waals surface area contributed by atoms with Crippen molar-refractivity contribution in [3.63, 3.8) is 0 Å². The fourth-order valence-corrected chi connectivity index (χ4v) is 2.37. The molecule has 0 atom stereocenters. The van der Waals surface area contributed by atoms with E-state index in [-0.39, 0.29) is 5.56 Å². The van der Waals surface area contributed by atoms with Crippen LogP contribution in [-0.4, -0.2) is 9.55 Å². The van der Waals surface area contributed by atoms with Crippen molar-refractivity contribution in [1.29, 1.82) is 5.26 Å². The summed E-state index contributed by atoms with van der Waals surface area (Å²) in [6.07, 6.45) is 2.78. The van der Waals surface area contributed by atoms with Crippen molar-refractivity contribution in [1.82, 2.24) is 9.55 Å². The van der Waals surface area contributed by atoms with Gasteiger partial charge in [-0.1, -0.05) is 13.8 Å². The van der Waals surface area contributed by atoms with Gasteiger partial charge in [-0.05, 0) is 31.0 Å². The van der Waals surface area contributed by atoms with Gasteiger partial charge in [0, 0.05) is 18.5 Å². The molecule has 0 fully saturated rings. The molecule has 2 N–H and O–H groups in total. The molecule has 0 amide bonds. The highest BCUT2D eigenvalue weighted by Crippen LogP contribution is 2.28. The van der Waals surface area contributed by atoms with Crippen LogP contribution < -0.4 is 5.73 Å². The Morgan fingerprint density at radius 1 is 1.33 bits per heavy atom. The normalized spacial score (nSPS) is 10.6. The average Bonchev–Trinajstić information content (AvgIpc) is 2.78. The van der Waals surface area contributed by atoms with Crippen LogP contribution in [0.4, 0.5) is 10.2 Å². The van der Waals surface area contributed by atoms with Crippen molar-refractivity contribution < 1.29 is 4.39 Å². The highest BCUT2D eigenvalue weighted by molar-refractivity contribution is 5.72. The van der Waals surface area contributed by atoms with Crippen molar-refractivity contribution in [2.45, 2.75) is 39.7 Å². The van der Waals surface area contributed by atoms with Gasteiger partial charge in [0.2, 0.25) is 0 Å². The maximum absolute atomic E-state index is 13.4. The van der Waals surface area contributed by atoms with E-state index < -0.39 is 5.82 Å². The lowest BCUT2D eigenvalue weighted by Crippen LogP contribution is -2.06. The molecular weight excluding hydrogens is 267 g/mol. The van der Waals surface area contributed by atoms with Crippen molar-refractivity contribution in [2.24, 2.45) is 0 Å². The Hall–Kier alpha value is -2.35. The molecule has 5 heteroatoms. The number of rotatable bonds is 5. The average molecular weight is 286 g/mol. The van der Waals surface area contributed by atoms with E-state index in [4.69, 9.17) is 11.0 Å². The molecule has 0 saturated carbocycles. The Kier molecular flexibility index (Phi) is 4.59. The number of aryl methyl sites for hydroxylation is 1. The predicted octanol–water partition coefficient (Wildman–Crippen LogP) is 3.51. The molecule has 0 unspecified atom stereocenters. The highest BCUT2D eigenvalue weighted by atomic mass is 19.1. The Morgan fingerprint density at radius 3 is 2.71 bits per heavy atom. The predicted molar refractivity (Wildman–Crippen MR) is 81.0 cm³/mol. The topological polar surface area (TPSA) is 67.6 Å². The number of nitrogen functional groups attached to an aromatic ring is 1. The van der Waals surface area contributed by atoms with Crippen LogP contribution in [-0.2, 0) is 13.0 Å². The number of hydrogen-bond acceptors (Lipinski definition) is 3. The van der Waals surface area contributed by atoms with Gasteiger partial charge >= 0.3 is 0 Å². The quantitative estimate of drug-likeness (QED) is 0.914. The van der Waals surface area contributed by atoms with Gasteiger partial charge in [-0.25, -0.2) is 9.37 Å². The number of imidazole rings is 1. The molecule has 0 spiro atoms. The Morgan fingerprint density at radius 2 is 2.10 bits per heavy atom. The Labute approximate surface area is 124 Å². The van der Waals surface area contributed by atoms with Crippen molar-refractivity contribution in [3.8, 4) is 17.3 Å². The Bertz CT molecular complexity index is 682. The third-order valence-corrected chi connectivity index (χ3v) is 3.37. The van der Waals surface area contributed by atoms with E-state index >= 15 is 0 Å². The van der Waals surface area contributed by atoms with Crippen LogP contribution in [0.25, 0.3) is 11.3 Å². The van der Waals surface area contributed by atoms with Crippen LogP contribution in [0, 0.1) is 17.1 Å². The molecule has 0 aliphatic carbocycles. The molecule has 1 aromatic heterocycles. The summed E-state index contributed by atoms with van der Waals surface area (Å²) in [7, 11) is 0. The minimum absolute atomic E-state index is 0.00832. The maximum atomic E-state index is 13.4. The van der Waals surface area contributed by atoms with Gasteiger partial charge in [-0.3, -0.25) is 0 Å². The lowest BCUT2D eigenvalue weighted by Gasteiger charge is -2.07. The van der Waals surface area contributed by atoms with Crippen LogP contribution in [0.1, 0.15) is 38.1 Å². The van der Waals surface area contributed by atoms with E-state index in [2.05, 4.69) is 18.8 Å². The second-order valence-corrected chi connectivity index (χ2v) is 4.97. The van der Waals surface area contributed by atoms with Gasteiger partial charge < -0.3 is 10.3 Å². The summed E-state index contributed by atoms with van der Waals surface area (Å²) < 4.78 is 15.4. The molecule has 0 aliphatic heterocycles. The van der Waals surface area contributed by atoms with E-state index in [1.165, 1.54) is 12.1 Å². The van der Waals surface area contributed by atoms with Gasteiger partial charge in [0.15, 0.2) is 0 Å². The van der Waals surface area contributed by atoms with Crippen molar-refractivity contribution in [3.05, 3.63) is 35.4 Å². The first kappa shape index (κ1) is 15.0. The number of aromatic nitrogens is 2. The molecule has 1 heterocycles. The SMILES string of the molecule is CCCc1nc(-c2ccc(F)c(C#N)c2)c(N)n1CCC. The largest absolute Gasteiger partial charge is 0.383 e. The summed E-state index contributed by atoms with van der Waals surface area (Å²) in [5.41, 5.74) is 7.52. The molecule has 1 aromatic carbocycles. The van der Waals surface area contributed by atoms with Gasteiger partial charge in [-0.15, -0.1) is 0 Å². The molecule has 110 valence electrons.